The lowest BCUT2D eigenvalue weighted by molar-refractivity contribution is -0.137. The first-order valence-corrected chi connectivity index (χ1v) is 11.6. The second kappa shape index (κ2) is 11.4. The van der Waals surface area contributed by atoms with Gasteiger partial charge in [-0.05, 0) is 56.2 Å². The van der Waals surface area contributed by atoms with E-state index >= 15 is 0 Å². The lowest BCUT2D eigenvalue weighted by Crippen LogP contribution is -2.46. The summed E-state index contributed by atoms with van der Waals surface area (Å²) in [4.78, 5) is 40.0. The van der Waals surface area contributed by atoms with E-state index in [9.17, 15) is 19.6 Å². The molecule has 0 spiro atoms. The van der Waals surface area contributed by atoms with Crippen molar-refractivity contribution in [2.24, 2.45) is 0 Å². The first-order valence-electron chi connectivity index (χ1n) is 11.6. The molecule has 3 amide bonds. The number of anilines is 1. The number of carbonyl (C=O) groups is 3. The van der Waals surface area contributed by atoms with Crippen LogP contribution in [-0.4, -0.2) is 41.5 Å². The van der Waals surface area contributed by atoms with Crippen molar-refractivity contribution in [1.29, 1.82) is 5.26 Å². The quantitative estimate of drug-likeness (QED) is 0.470. The SMILES string of the molecule is Cc1cccc(C(C(=O)Nc2ccc3ccccc3c2)N(CC#N)C(=O)CNC(=O)OC(C)(C)C)c1. The van der Waals surface area contributed by atoms with Gasteiger partial charge in [0.2, 0.25) is 5.91 Å². The van der Waals surface area contributed by atoms with Crippen LogP contribution < -0.4 is 10.6 Å². The van der Waals surface area contributed by atoms with E-state index in [4.69, 9.17) is 4.74 Å². The van der Waals surface area contributed by atoms with Crippen LogP contribution in [0.1, 0.15) is 37.9 Å². The van der Waals surface area contributed by atoms with Crippen LogP contribution >= 0.6 is 0 Å². The molecule has 8 heteroatoms. The van der Waals surface area contributed by atoms with Gasteiger partial charge < -0.3 is 20.3 Å². The molecule has 0 aromatic heterocycles. The standard InChI is InChI=1S/C28H30N4O4/c1-19-8-7-11-22(16-19)25(26(34)31-23-13-12-20-9-5-6-10-21(20)17-23)32(15-14-29)24(33)18-30-27(35)36-28(2,3)4/h5-13,16-17,25H,15,18H2,1-4H3,(H,30,35)(H,31,34). The molecule has 0 aliphatic rings. The minimum atomic E-state index is -1.09. The van der Waals surface area contributed by atoms with Crippen molar-refractivity contribution in [1.82, 2.24) is 10.2 Å². The van der Waals surface area contributed by atoms with Crippen molar-refractivity contribution < 1.29 is 19.1 Å². The van der Waals surface area contributed by atoms with Gasteiger partial charge >= 0.3 is 6.09 Å². The minimum absolute atomic E-state index is 0.349. The molecule has 0 radical (unpaired) electrons. The van der Waals surface area contributed by atoms with E-state index in [0.29, 0.717) is 11.3 Å². The van der Waals surface area contributed by atoms with Gasteiger partial charge in [0, 0.05) is 5.69 Å². The number of carbonyl (C=O) groups excluding carboxylic acids is 3. The molecule has 0 saturated heterocycles. The largest absolute Gasteiger partial charge is 0.444 e. The lowest BCUT2D eigenvalue weighted by Gasteiger charge is -2.30. The summed E-state index contributed by atoms with van der Waals surface area (Å²) in [7, 11) is 0. The second-order valence-corrected chi connectivity index (χ2v) is 9.40. The van der Waals surface area contributed by atoms with E-state index in [1.54, 1.807) is 45.0 Å². The number of amides is 3. The number of hydrogen-bond acceptors (Lipinski definition) is 5. The van der Waals surface area contributed by atoms with Crippen molar-refractivity contribution in [2.45, 2.75) is 39.3 Å². The van der Waals surface area contributed by atoms with Gasteiger partial charge in [0.05, 0.1) is 6.07 Å². The number of ether oxygens (including phenoxy) is 1. The average Bonchev–Trinajstić information content (AvgIpc) is 2.81. The number of alkyl carbamates (subject to hydrolysis) is 1. The summed E-state index contributed by atoms with van der Waals surface area (Å²) in [6.07, 6.45) is -0.763. The van der Waals surface area contributed by atoms with Crippen molar-refractivity contribution in [3.05, 3.63) is 77.9 Å². The molecule has 3 aromatic carbocycles. The third-order valence-electron chi connectivity index (χ3n) is 5.28. The van der Waals surface area contributed by atoms with E-state index in [0.717, 1.165) is 21.2 Å². The number of benzene rings is 3. The molecular weight excluding hydrogens is 456 g/mol. The minimum Gasteiger partial charge on any atom is -0.444 e. The maximum Gasteiger partial charge on any atom is 0.408 e. The Morgan fingerprint density at radius 2 is 1.72 bits per heavy atom. The number of fused-ring (bicyclic) bond motifs is 1. The molecule has 1 atom stereocenters. The fraction of sp³-hybridized carbons (Fsp3) is 0.286. The van der Waals surface area contributed by atoms with Gasteiger partial charge in [-0.2, -0.15) is 5.26 Å². The summed E-state index contributed by atoms with van der Waals surface area (Å²) in [5, 5.41) is 16.7. The molecular formula is C28H30N4O4. The Kier molecular flexibility index (Phi) is 8.28. The first-order chi connectivity index (χ1) is 17.1. The zero-order chi connectivity index (χ0) is 26.3. The molecule has 0 heterocycles. The van der Waals surface area contributed by atoms with Crippen molar-refractivity contribution in [3.8, 4) is 6.07 Å². The Balaban J connectivity index is 1.89. The Bertz CT molecular complexity index is 1310. The number of hydrogen-bond donors (Lipinski definition) is 2. The third-order valence-corrected chi connectivity index (χ3v) is 5.28. The average molecular weight is 487 g/mol. The monoisotopic (exact) mass is 486 g/mol. The van der Waals surface area contributed by atoms with Crippen LogP contribution in [0, 0.1) is 18.3 Å². The molecule has 0 bridgehead atoms. The van der Waals surface area contributed by atoms with Gasteiger partial charge in [0.1, 0.15) is 24.7 Å². The third kappa shape index (κ3) is 7.06. The molecule has 0 saturated carbocycles. The van der Waals surface area contributed by atoms with Crippen molar-refractivity contribution >= 4 is 34.4 Å². The fourth-order valence-electron chi connectivity index (χ4n) is 3.75. The van der Waals surface area contributed by atoms with Crippen LogP contribution in [0.25, 0.3) is 10.8 Å². The molecule has 8 nitrogen and oxygen atoms in total. The van der Waals surface area contributed by atoms with Crippen LogP contribution in [0.4, 0.5) is 10.5 Å². The Morgan fingerprint density at radius 3 is 2.39 bits per heavy atom. The summed E-state index contributed by atoms with van der Waals surface area (Å²) < 4.78 is 5.19. The Hall–Kier alpha value is -4.38. The smallest absolute Gasteiger partial charge is 0.408 e. The van der Waals surface area contributed by atoms with Crippen LogP contribution in [-0.2, 0) is 14.3 Å². The van der Waals surface area contributed by atoms with Gasteiger partial charge in [-0.1, -0.05) is 60.2 Å². The van der Waals surface area contributed by atoms with E-state index in [-0.39, 0.29) is 6.54 Å². The molecule has 3 aromatic rings. The maximum absolute atomic E-state index is 13.6. The number of nitrogens with one attached hydrogen (secondary N) is 2. The number of rotatable bonds is 7. The van der Waals surface area contributed by atoms with Gasteiger partial charge in [0.25, 0.3) is 5.91 Å². The topological polar surface area (TPSA) is 112 Å². The van der Waals surface area contributed by atoms with Gasteiger partial charge in [-0.25, -0.2) is 4.79 Å². The zero-order valence-electron chi connectivity index (χ0n) is 20.9. The number of nitriles is 1. The van der Waals surface area contributed by atoms with Crippen LogP contribution in [0.3, 0.4) is 0 Å². The molecule has 36 heavy (non-hydrogen) atoms. The predicted molar refractivity (Wildman–Crippen MR) is 138 cm³/mol. The second-order valence-electron chi connectivity index (χ2n) is 9.40. The number of nitrogens with zero attached hydrogens (tertiary/aromatic N) is 2. The van der Waals surface area contributed by atoms with Crippen LogP contribution in [0.2, 0.25) is 0 Å². The van der Waals surface area contributed by atoms with E-state index in [1.165, 1.54) is 0 Å². The van der Waals surface area contributed by atoms with E-state index < -0.39 is 36.1 Å². The maximum atomic E-state index is 13.6. The van der Waals surface area contributed by atoms with Crippen molar-refractivity contribution in [3.63, 3.8) is 0 Å². The molecule has 0 aliphatic carbocycles. The van der Waals surface area contributed by atoms with E-state index in [2.05, 4.69) is 10.6 Å². The van der Waals surface area contributed by atoms with Gasteiger partial charge in [-0.15, -0.1) is 0 Å². The highest BCUT2D eigenvalue weighted by Crippen LogP contribution is 2.25. The summed E-state index contributed by atoms with van der Waals surface area (Å²) >= 11 is 0. The van der Waals surface area contributed by atoms with Crippen molar-refractivity contribution in [2.75, 3.05) is 18.4 Å². The van der Waals surface area contributed by atoms with Gasteiger partial charge in [0.15, 0.2) is 0 Å². The Labute approximate surface area is 210 Å². The number of aryl methyl sites for hydroxylation is 1. The molecule has 0 fully saturated rings. The highest BCUT2D eigenvalue weighted by molar-refractivity contribution is 6.00. The first kappa shape index (κ1) is 26.2. The van der Waals surface area contributed by atoms with Crippen LogP contribution in [0.15, 0.2) is 66.7 Å². The van der Waals surface area contributed by atoms with E-state index in [1.807, 2.05) is 55.5 Å². The normalized spacial score (nSPS) is 11.8. The summed E-state index contributed by atoms with van der Waals surface area (Å²) in [6, 6.07) is 21.4. The van der Waals surface area contributed by atoms with Gasteiger partial charge in [-0.3, -0.25) is 9.59 Å². The molecule has 186 valence electrons. The molecule has 2 N–H and O–H groups in total. The Morgan fingerprint density at radius 1 is 1.00 bits per heavy atom. The molecule has 0 aliphatic heterocycles. The lowest BCUT2D eigenvalue weighted by atomic mass is 10.0. The fourth-order valence-corrected chi connectivity index (χ4v) is 3.75. The summed E-state index contributed by atoms with van der Waals surface area (Å²) in [5.74, 6) is -1.07. The highest BCUT2D eigenvalue weighted by Gasteiger charge is 2.32. The molecule has 1 unspecified atom stereocenters. The molecule has 3 rings (SSSR count). The summed E-state index contributed by atoms with van der Waals surface area (Å²) in [6.45, 7) is 6.23. The predicted octanol–water partition coefficient (Wildman–Crippen LogP) is 4.70. The van der Waals surface area contributed by atoms with Crippen LogP contribution in [0.5, 0.6) is 0 Å². The highest BCUT2D eigenvalue weighted by atomic mass is 16.6. The summed E-state index contributed by atoms with van der Waals surface area (Å²) in [5.41, 5.74) is 1.28. The zero-order valence-corrected chi connectivity index (χ0v) is 20.9.